The molecule has 76 valence electrons. The van der Waals surface area contributed by atoms with Crippen molar-refractivity contribution in [2.75, 3.05) is 12.5 Å². The molecule has 1 aromatic rings. The highest BCUT2D eigenvalue weighted by Gasteiger charge is 2.53. The van der Waals surface area contributed by atoms with E-state index >= 15 is 0 Å². The second kappa shape index (κ2) is 2.03. The van der Waals surface area contributed by atoms with Crippen LogP contribution in [0, 0.1) is 5.82 Å². The second-order valence-corrected chi connectivity index (χ2v) is 8.37. The molecule has 0 saturated heterocycles. The number of halogens is 4. The molecule has 0 aliphatic carbocycles. The van der Waals surface area contributed by atoms with Crippen LogP contribution in [0.1, 0.15) is 0 Å². The van der Waals surface area contributed by atoms with Gasteiger partial charge in [-0.2, -0.15) is 0 Å². The Balaban J connectivity index is 3.41. The lowest BCUT2D eigenvalue weighted by molar-refractivity contribution is 0.558. The molecule has 0 aliphatic heterocycles. The first-order valence-corrected chi connectivity index (χ1v) is 6.46. The van der Waals surface area contributed by atoms with Gasteiger partial charge in [0.1, 0.15) is 5.82 Å². The molecular formula is C8H10F4S. The van der Waals surface area contributed by atoms with Gasteiger partial charge < -0.3 is 0 Å². The molecule has 1 aromatic carbocycles. The van der Waals surface area contributed by atoms with Crippen LogP contribution in [0.2, 0.25) is 0 Å². The van der Waals surface area contributed by atoms with E-state index in [0.29, 0.717) is 6.07 Å². The van der Waals surface area contributed by atoms with E-state index < -0.39 is 20.2 Å². The first kappa shape index (κ1) is 10.4. The van der Waals surface area contributed by atoms with Gasteiger partial charge in [-0.3, -0.25) is 0 Å². The molecule has 0 heterocycles. The average Bonchev–Trinajstić information content (AvgIpc) is 1.82. The Bertz CT molecular complexity index is 337. The Kier molecular flexibility index (Phi) is 1.62. The summed E-state index contributed by atoms with van der Waals surface area (Å²) < 4.78 is 52.4. The van der Waals surface area contributed by atoms with E-state index in [1.807, 2.05) is 0 Å². The largest absolute Gasteiger partial charge is 0.207 e. The van der Waals surface area contributed by atoms with E-state index in [0.717, 1.165) is 18.2 Å². The summed E-state index contributed by atoms with van der Waals surface area (Å²) in [5.41, 5.74) is 0. The lowest BCUT2D eigenvalue weighted by Gasteiger charge is -2.51. The number of hydrogen-bond acceptors (Lipinski definition) is 0. The number of rotatable bonds is 1. The summed E-state index contributed by atoms with van der Waals surface area (Å²) in [6.45, 7) is 0. The van der Waals surface area contributed by atoms with Crippen LogP contribution in [0.5, 0.6) is 0 Å². The van der Waals surface area contributed by atoms with Gasteiger partial charge in [0.05, 0.1) is 14.3 Å². The summed E-state index contributed by atoms with van der Waals surface area (Å²) in [5, 5.41) is 0. The van der Waals surface area contributed by atoms with Crippen molar-refractivity contribution < 1.29 is 16.0 Å². The lowest BCUT2D eigenvalue weighted by atomic mass is 10.4. The van der Waals surface area contributed by atoms with Gasteiger partial charge >= 0.3 is 0 Å². The lowest BCUT2D eigenvalue weighted by Crippen LogP contribution is -2.15. The molecule has 1 rings (SSSR count). The minimum atomic E-state index is -6.70. The Morgan fingerprint density at radius 3 is 1.92 bits per heavy atom. The van der Waals surface area contributed by atoms with Crippen LogP contribution in [0.4, 0.5) is 16.0 Å². The zero-order chi connectivity index (χ0) is 10.4. The van der Waals surface area contributed by atoms with Crippen molar-refractivity contribution in [2.24, 2.45) is 0 Å². The maximum absolute atomic E-state index is 13.3. The third-order valence-corrected chi connectivity index (χ3v) is 3.27. The van der Waals surface area contributed by atoms with E-state index in [9.17, 15) is 16.0 Å². The molecular weight excluding hydrogens is 204 g/mol. The summed E-state index contributed by atoms with van der Waals surface area (Å²) >= 11 is 0. The monoisotopic (exact) mass is 214 g/mol. The Morgan fingerprint density at radius 2 is 1.62 bits per heavy atom. The van der Waals surface area contributed by atoms with E-state index in [2.05, 4.69) is 0 Å². The highest BCUT2D eigenvalue weighted by molar-refractivity contribution is 8.52. The SMILES string of the molecule is CS(C)(F)(F)(F)c1cccc(F)c1. The number of benzene rings is 1. The van der Waals surface area contributed by atoms with Crippen LogP contribution < -0.4 is 0 Å². The van der Waals surface area contributed by atoms with Crippen LogP contribution >= 0.6 is 9.45 Å². The summed E-state index contributed by atoms with van der Waals surface area (Å²) in [6.07, 6.45) is 0.462. The van der Waals surface area contributed by atoms with Crippen LogP contribution in [-0.4, -0.2) is 12.5 Å². The van der Waals surface area contributed by atoms with Crippen molar-refractivity contribution in [3.63, 3.8) is 0 Å². The zero-order valence-electron chi connectivity index (χ0n) is 7.23. The summed E-state index contributed by atoms with van der Waals surface area (Å²) in [5.74, 6) is -0.862. The molecule has 0 saturated carbocycles. The molecule has 0 aromatic heterocycles. The maximum Gasteiger partial charge on any atom is 0.124 e. The van der Waals surface area contributed by atoms with E-state index in [-0.39, 0.29) is 12.5 Å². The fourth-order valence-corrected chi connectivity index (χ4v) is 1.85. The van der Waals surface area contributed by atoms with Gasteiger partial charge in [0.25, 0.3) is 0 Å². The van der Waals surface area contributed by atoms with Gasteiger partial charge in [0.15, 0.2) is 0 Å². The minimum Gasteiger partial charge on any atom is -0.207 e. The molecule has 0 unspecified atom stereocenters. The minimum absolute atomic E-state index is 0.231. The smallest absolute Gasteiger partial charge is 0.124 e. The summed E-state index contributed by atoms with van der Waals surface area (Å²) in [7, 11) is -6.70. The van der Waals surface area contributed by atoms with Gasteiger partial charge in [0.2, 0.25) is 0 Å². The van der Waals surface area contributed by atoms with Crippen LogP contribution in [0.3, 0.4) is 0 Å². The van der Waals surface area contributed by atoms with Crippen LogP contribution in [0.25, 0.3) is 0 Å². The third-order valence-electron chi connectivity index (χ3n) is 1.53. The Morgan fingerprint density at radius 1 is 1.08 bits per heavy atom. The molecule has 0 bridgehead atoms. The highest BCUT2D eigenvalue weighted by atomic mass is 32.4. The molecule has 0 nitrogen and oxygen atoms in total. The second-order valence-electron chi connectivity index (χ2n) is 3.61. The topological polar surface area (TPSA) is 0 Å². The molecule has 0 atom stereocenters. The summed E-state index contributed by atoms with van der Waals surface area (Å²) in [4.78, 5) is -0.875. The van der Waals surface area contributed by atoms with Crippen molar-refractivity contribution in [3.8, 4) is 0 Å². The number of hydrogen-bond donors (Lipinski definition) is 0. The Labute approximate surface area is 73.7 Å². The average molecular weight is 214 g/mol. The quantitative estimate of drug-likeness (QED) is 0.620. The first-order chi connectivity index (χ1) is 5.49. The van der Waals surface area contributed by atoms with Gasteiger partial charge in [-0.15, -0.1) is 11.7 Å². The van der Waals surface area contributed by atoms with Crippen molar-refractivity contribution in [2.45, 2.75) is 4.90 Å². The van der Waals surface area contributed by atoms with E-state index in [1.54, 1.807) is 0 Å². The molecule has 0 radical (unpaired) electrons. The first-order valence-electron chi connectivity index (χ1n) is 3.49. The van der Waals surface area contributed by atoms with E-state index in [1.165, 1.54) is 0 Å². The molecule has 0 amide bonds. The molecule has 0 N–H and O–H groups in total. The van der Waals surface area contributed by atoms with Crippen molar-refractivity contribution in [1.29, 1.82) is 0 Å². The van der Waals surface area contributed by atoms with Crippen molar-refractivity contribution in [1.82, 2.24) is 0 Å². The van der Waals surface area contributed by atoms with Gasteiger partial charge in [0, 0.05) is 12.5 Å². The Hall–Kier alpha value is -0.710. The molecule has 0 fully saturated rings. The maximum atomic E-state index is 13.3. The molecule has 5 heteroatoms. The van der Waals surface area contributed by atoms with Crippen LogP contribution in [0.15, 0.2) is 29.2 Å². The predicted octanol–water partition coefficient (Wildman–Crippen LogP) is 3.97. The van der Waals surface area contributed by atoms with E-state index in [4.69, 9.17) is 0 Å². The van der Waals surface area contributed by atoms with Crippen molar-refractivity contribution >= 4 is 9.45 Å². The molecule has 0 spiro atoms. The van der Waals surface area contributed by atoms with Gasteiger partial charge in [-0.05, 0) is 18.2 Å². The third kappa shape index (κ3) is 2.62. The van der Waals surface area contributed by atoms with Crippen molar-refractivity contribution in [3.05, 3.63) is 30.1 Å². The van der Waals surface area contributed by atoms with Crippen LogP contribution in [-0.2, 0) is 0 Å². The van der Waals surface area contributed by atoms with Gasteiger partial charge in [-0.25, -0.2) is 4.39 Å². The fourth-order valence-electron chi connectivity index (χ4n) is 0.865. The highest BCUT2D eigenvalue weighted by Crippen LogP contribution is 2.94. The fraction of sp³-hybridized carbons (Fsp3) is 0.250. The molecule has 0 aliphatic rings. The summed E-state index contributed by atoms with van der Waals surface area (Å²) in [6, 6.07) is 3.48. The van der Waals surface area contributed by atoms with Gasteiger partial charge in [-0.1, -0.05) is 6.07 Å². The zero-order valence-corrected chi connectivity index (χ0v) is 8.05. The normalized spacial score (nSPS) is 17.7. The molecule has 13 heavy (non-hydrogen) atoms. The standard InChI is InChI=1S/C8H10F4S/c1-13(2,10,11,12)8-5-3-4-7(9)6-8/h3-6H,1-2H3. The predicted molar refractivity (Wildman–Crippen MR) is 47.4 cm³/mol.